The third-order valence-electron chi connectivity index (χ3n) is 5.76. The van der Waals surface area contributed by atoms with E-state index < -0.39 is 35.2 Å². The lowest BCUT2D eigenvalue weighted by Gasteiger charge is -2.21. The van der Waals surface area contributed by atoms with Crippen LogP contribution in [0.1, 0.15) is 18.0 Å². The average Bonchev–Trinajstić information content (AvgIpc) is 3.23. The Labute approximate surface area is 198 Å². The van der Waals surface area contributed by atoms with Crippen molar-refractivity contribution >= 4 is 45.4 Å². The summed E-state index contributed by atoms with van der Waals surface area (Å²) in [6.07, 6.45) is 3.80. The average molecular weight is 481 g/mol. The Morgan fingerprint density at radius 3 is 2.44 bits per heavy atom. The third kappa shape index (κ3) is 4.62. The van der Waals surface area contributed by atoms with Crippen LogP contribution in [-0.2, 0) is 16.0 Å². The van der Waals surface area contributed by atoms with Crippen LogP contribution in [-0.4, -0.2) is 49.6 Å². The smallest absolute Gasteiger partial charge is 0.329 e. The quantitative estimate of drug-likeness (QED) is 0.290. The highest BCUT2D eigenvalue weighted by atomic mass is 32.2. The molecule has 0 aliphatic heterocycles. The number of carboxylic acids is 1. The molecule has 0 radical (unpaired) electrons. The Balaban J connectivity index is 1.67. The summed E-state index contributed by atoms with van der Waals surface area (Å²) in [4.78, 5) is 56.9. The predicted octanol–water partition coefficient (Wildman–Crippen LogP) is 2.28. The van der Waals surface area contributed by atoms with Gasteiger partial charge in [0.25, 0.3) is 5.56 Å². The molecule has 4 aromatic rings. The molecule has 176 valence electrons. The van der Waals surface area contributed by atoms with Crippen LogP contribution in [0.25, 0.3) is 21.8 Å². The number of carbonyl (C=O) groups excluding carboxylic acids is 1. The number of nitrogens with zero attached hydrogens (tertiary/aromatic N) is 1. The lowest BCUT2D eigenvalue weighted by Crippen LogP contribution is -2.49. The molecule has 2 unspecified atom stereocenters. The Morgan fingerprint density at radius 1 is 1.06 bits per heavy atom. The van der Waals surface area contributed by atoms with Crippen molar-refractivity contribution in [3.63, 3.8) is 0 Å². The third-order valence-corrected chi connectivity index (χ3v) is 6.40. The Morgan fingerprint density at radius 2 is 1.74 bits per heavy atom. The molecule has 0 aliphatic carbocycles. The number of para-hydroxylation sites is 2. The van der Waals surface area contributed by atoms with Crippen molar-refractivity contribution in [2.45, 2.75) is 24.9 Å². The van der Waals surface area contributed by atoms with Crippen LogP contribution in [0.15, 0.2) is 64.3 Å². The fourth-order valence-corrected chi connectivity index (χ4v) is 4.51. The maximum absolute atomic E-state index is 13.3. The molecule has 10 heteroatoms. The second kappa shape index (κ2) is 10.0. The van der Waals surface area contributed by atoms with Crippen LogP contribution in [0.2, 0.25) is 0 Å². The number of carbonyl (C=O) groups is 2. The second-order valence-electron chi connectivity index (χ2n) is 7.91. The van der Waals surface area contributed by atoms with Gasteiger partial charge >= 0.3 is 11.7 Å². The Kier molecular flexibility index (Phi) is 6.87. The molecule has 2 aromatic carbocycles. The highest BCUT2D eigenvalue weighted by Gasteiger charge is 2.29. The largest absolute Gasteiger partial charge is 0.480 e. The predicted molar refractivity (Wildman–Crippen MR) is 132 cm³/mol. The van der Waals surface area contributed by atoms with Crippen molar-refractivity contribution in [2.24, 2.45) is 0 Å². The van der Waals surface area contributed by atoms with Crippen molar-refractivity contribution < 1.29 is 14.7 Å². The minimum absolute atomic E-state index is 0.0450. The van der Waals surface area contributed by atoms with Crippen LogP contribution >= 0.6 is 11.8 Å². The lowest BCUT2D eigenvalue weighted by atomic mass is 10.0. The summed E-state index contributed by atoms with van der Waals surface area (Å²) in [5, 5.41) is 13.5. The van der Waals surface area contributed by atoms with Gasteiger partial charge in [-0.05, 0) is 42.2 Å². The summed E-state index contributed by atoms with van der Waals surface area (Å²) >= 11 is 1.46. The first-order chi connectivity index (χ1) is 16.4. The maximum atomic E-state index is 13.3. The zero-order chi connectivity index (χ0) is 24.2. The van der Waals surface area contributed by atoms with Gasteiger partial charge in [0.1, 0.15) is 12.1 Å². The molecule has 1 amide bonds. The van der Waals surface area contributed by atoms with E-state index in [0.29, 0.717) is 11.3 Å². The molecule has 0 fully saturated rings. The number of carboxylic acid groups (broad SMARTS) is 1. The summed E-state index contributed by atoms with van der Waals surface area (Å²) in [5.74, 6) is -1.40. The van der Waals surface area contributed by atoms with Crippen molar-refractivity contribution in [1.82, 2.24) is 19.9 Å². The van der Waals surface area contributed by atoms with E-state index in [-0.39, 0.29) is 18.2 Å². The normalized spacial score (nSPS) is 13.1. The number of hydrogen-bond donors (Lipinski definition) is 4. The molecule has 0 saturated heterocycles. The summed E-state index contributed by atoms with van der Waals surface area (Å²) in [6.45, 7) is 0. The zero-order valence-electron chi connectivity index (χ0n) is 18.4. The number of benzene rings is 2. The number of aromatic amines is 2. The van der Waals surface area contributed by atoms with Gasteiger partial charge in [0.2, 0.25) is 5.91 Å². The fourth-order valence-electron chi connectivity index (χ4n) is 4.05. The molecular weight excluding hydrogens is 456 g/mol. The van der Waals surface area contributed by atoms with Crippen LogP contribution in [0, 0.1) is 0 Å². The Hall–Kier alpha value is -3.79. The van der Waals surface area contributed by atoms with Gasteiger partial charge in [-0.25, -0.2) is 14.2 Å². The van der Waals surface area contributed by atoms with Gasteiger partial charge in [-0.15, -0.1) is 0 Å². The number of aliphatic carboxylic acids is 1. The number of rotatable bonds is 9. The monoisotopic (exact) mass is 480 g/mol. The Bertz CT molecular complexity index is 1470. The first kappa shape index (κ1) is 23.4. The molecule has 2 aromatic heterocycles. The number of nitrogens with one attached hydrogen (secondary N) is 3. The van der Waals surface area contributed by atoms with Crippen LogP contribution in [0.3, 0.4) is 0 Å². The van der Waals surface area contributed by atoms with Crippen molar-refractivity contribution in [2.75, 3.05) is 12.0 Å². The van der Waals surface area contributed by atoms with Crippen LogP contribution in [0.4, 0.5) is 0 Å². The number of thioether (sulfide) groups is 1. The molecular formula is C24H24N4O5S. The van der Waals surface area contributed by atoms with Crippen molar-refractivity contribution in [3.05, 3.63) is 81.1 Å². The van der Waals surface area contributed by atoms with Gasteiger partial charge in [-0.2, -0.15) is 11.8 Å². The maximum Gasteiger partial charge on any atom is 0.329 e. The molecule has 0 aliphatic rings. The standard InChI is InChI=1S/C24H24N4O5S/c1-34-11-10-20(28-22(30)16-7-3-5-9-18(16)27-24(28)33)21(29)26-19(23(31)32)12-14-13-25-17-8-4-2-6-15(14)17/h2-9,13,19-20,25H,10-12H2,1H3,(H,26,29)(H,27,33)(H,31,32). The van der Waals surface area contributed by atoms with Gasteiger partial charge in [-0.3, -0.25) is 9.59 Å². The minimum Gasteiger partial charge on any atom is -0.480 e. The van der Waals surface area contributed by atoms with E-state index in [1.54, 1.807) is 30.5 Å². The fraction of sp³-hybridized carbons (Fsp3) is 0.250. The van der Waals surface area contributed by atoms with Gasteiger partial charge < -0.3 is 20.4 Å². The van der Waals surface area contributed by atoms with Crippen LogP contribution in [0.5, 0.6) is 0 Å². The van der Waals surface area contributed by atoms with E-state index in [9.17, 15) is 24.3 Å². The summed E-state index contributed by atoms with van der Waals surface area (Å²) in [7, 11) is 0. The summed E-state index contributed by atoms with van der Waals surface area (Å²) in [6, 6.07) is 11.6. The number of H-pyrrole nitrogens is 2. The van der Waals surface area contributed by atoms with Gasteiger partial charge in [0.15, 0.2) is 0 Å². The highest BCUT2D eigenvalue weighted by molar-refractivity contribution is 7.98. The van der Waals surface area contributed by atoms with Gasteiger partial charge in [0, 0.05) is 23.5 Å². The minimum atomic E-state index is -1.24. The number of fused-ring (bicyclic) bond motifs is 2. The molecule has 2 heterocycles. The molecule has 0 saturated carbocycles. The number of amides is 1. The van der Waals surface area contributed by atoms with E-state index in [0.717, 1.165) is 21.0 Å². The summed E-state index contributed by atoms with van der Waals surface area (Å²) in [5.41, 5.74) is 0.669. The van der Waals surface area contributed by atoms with Crippen molar-refractivity contribution in [1.29, 1.82) is 0 Å². The van der Waals surface area contributed by atoms with E-state index in [2.05, 4.69) is 15.3 Å². The molecule has 9 nitrogen and oxygen atoms in total. The topological polar surface area (TPSA) is 137 Å². The molecule has 4 N–H and O–H groups in total. The first-order valence-corrected chi connectivity index (χ1v) is 12.1. The summed E-state index contributed by atoms with van der Waals surface area (Å²) < 4.78 is 0.887. The molecule has 0 bridgehead atoms. The molecule has 4 rings (SSSR count). The van der Waals surface area contributed by atoms with Gasteiger partial charge in [0.05, 0.1) is 10.9 Å². The molecule has 2 atom stereocenters. The van der Waals surface area contributed by atoms with E-state index >= 15 is 0 Å². The molecule has 0 spiro atoms. The van der Waals surface area contributed by atoms with Gasteiger partial charge in [-0.1, -0.05) is 30.3 Å². The van der Waals surface area contributed by atoms with E-state index in [1.807, 2.05) is 30.5 Å². The first-order valence-electron chi connectivity index (χ1n) is 10.7. The van der Waals surface area contributed by atoms with E-state index in [1.165, 1.54) is 11.8 Å². The number of hydrogen-bond acceptors (Lipinski definition) is 5. The van der Waals surface area contributed by atoms with Crippen LogP contribution < -0.4 is 16.6 Å². The zero-order valence-corrected chi connectivity index (χ0v) is 19.2. The van der Waals surface area contributed by atoms with E-state index in [4.69, 9.17) is 0 Å². The molecule has 34 heavy (non-hydrogen) atoms. The SMILES string of the molecule is CSCCC(C(=O)NC(Cc1c[nH]c2ccccc12)C(=O)O)n1c(=O)[nH]c2ccccc2c1=O. The lowest BCUT2D eigenvalue weighted by molar-refractivity contribution is -0.142. The second-order valence-corrected chi connectivity index (χ2v) is 8.90. The highest BCUT2D eigenvalue weighted by Crippen LogP contribution is 2.20. The number of aromatic nitrogens is 3. The van der Waals surface area contributed by atoms with Crippen molar-refractivity contribution in [3.8, 4) is 0 Å².